The predicted molar refractivity (Wildman–Crippen MR) is 85.5 cm³/mol. The zero-order valence-corrected chi connectivity index (χ0v) is 13.8. The van der Waals surface area contributed by atoms with Crippen molar-refractivity contribution >= 4 is 5.97 Å². The van der Waals surface area contributed by atoms with Crippen molar-refractivity contribution in [3.05, 3.63) is 0 Å². The highest BCUT2D eigenvalue weighted by Crippen LogP contribution is 2.30. The normalized spacial score (nSPS) is 32.0. The molecular weight excluding hydrogens is 264 g/mol. The lowest BCUT2D eigenvalue weighted by Gasteiger charge is -2.33. The van der Waals surface area contributed by atoms with Gasteiger partial charge in [-0.2, -0.15) is 0 Å². The Morgan fingerprint density at radius 3 is 2.62 bits per heavy atom. The first-order chi connectivity index (χ1) is 10.1. The number of hydrogen-bond acceptors (Lipinski definition) is 3. The van der Waals surface area contributed by atoms with Crippen LogP contribution in [0.1, 0.15) is 51.9 Å². The van der Waals surface area contributed by atoms with Gasteiger partial charge < -0.3 is 10.0 Å². The molecule has 1 aliphatic heterocycles. The van der Waals surface area contributed by atoms with Gasteiger partial charge in [-0.15, -0.1) is 0 Å². The number of carboxylic acid groups (broad SMARTS) is 1. The second kappa shape index (κ2) is 8.14. The Morgan fingerprint density at radius 1 is 1.14 bits per heavy atom. The molecule has 0 aromatic rings. The van der Waals surface area contributed by atoms with Gasteiger partial charge in [-0.25, -0.2) is 0 Å². The van der Waals surface area contributed by atoms with E-state index >= 15 is 0 Å². The highest BCUT2D eigenvalue weighted by atomic mass is 16.4. The minimum absolute atomic E-state index is 0.171. The van der Waals surface area contributed by atoms with Gasteiger partial charge in [0.1, 0.15) is 0 Å². The van der Waals surface area contributed by atoms with Gasteiger partial charge in [0.2, 0.25) is 0 Å². The highest BCUT2D eigenvalue weighted by Gasteiger charge is 2.26. The van der Waals surface area contributed by atoms with Crippen LogP contribution in [0.4, 0.5) is 0 Å². The van der Waals surface area contributed by atoms with Gasteiger partial charge in [-0.1, -0.05) is 26.2 Å². The van der Waals surface area contributed by atoms with E-state index in [-0.39, 0.29) is 6.54 Å². The minimum atomic E-state index is -0.713. The first-order valence-corrected chi connectivity index (χ1v) is 8.70. The van der Waals surface area contributed by atoms with E-state index in [0.717, 1.165) is 31.2 Å². The number of aliphatic carboxylic acids is 1. The molecule has 1 aliphatic carbocycles. The molecule has 1 saturated carbocycles. The van der Waals surface area contributed by atoms with E-state index < -0.39 is 5.97 Å². The second-order valence-corrected chi connectivity index (χ2v) is 7.22. The predicted octanol–water partition coefficient (Wildman–Crippen LogP) is 2.68. The fourth-order valence-electron chi connectivity index (χ4n) is 4.10. The van der Waals surface area contributed by atoms with Crippen molar-refractivity contribution in [2.24, 2.45) is 11.8 Å². The standard InChI is InChI=1S/C17H32N2O2/c1-14-6-3-4-7-15(14)12-19-10-5-8-16(9-11-19)18(2)13-17(20)21/h14-16H,3-13H2,1-2H3,(H,20,21). The molecule has 122 valence electrons. The highest BCUT2D eigenvalue weighted by molar-refractivity contribution is 5.69. The average molecular weight is 296 g/mol. The van der Waals surface area contributed by atoms with E-state index in [0.29, 0.717) is 6.04 Å². The van der Waals surface area contributed by atoms with Gasteiger partial charge >= 0.3 is 5.97 Å². The Hall–Kier alpha value is -0.610. The summed E-state index contributed by atoms with van der Waals surface area (Å²) in [5.74, 6) is 1.05. The summed E-state index contributed by atoms with van der Waals surface area (Å²) in [7, 11) is 1.96. The maximum atomic E-state index is 10.8. The average Bonchev–Trinajstić information content (AvgIpc) is 2.66. The smallest absolute Gasteiger partial charge is 0.317 e. The van der Waals surface area contributed by atoms with Crippen molar-refractivity contribution in [1.29, 1.82) is 0 Å². The maximum absolute atomic E-state index is 10.8. The fraction of sp³-hybridized carbons (Fsp3) is 0.941. The largest absolute Gasteiger partial charge is 0.480 e. The van der Waals surface area contributed by atoms with Crippen LogP contribution in [0.5, 0.6) is 0 Å². The van der Waals surface area contributed by atoms with E-state index in [2.05, 4.69) is 11.8 Å². The van der Waals surface area contributed by atoms with Crippen molar-refractivity contribution < 1.29 is 9.90 Å². The van der Waals surface area contributed by atoms with Gasteiger partial charge in [0.05, 0.1) is 6.54 Å². The third-order valence-electron chi connectivity index (χ3n) is 5.58. The first-order valence-electron chi connectivity index (χ1n) is 8.70. The minimum Gasteiger partial charge on any atom is -0.480 e. The summed E-state index contributed by atoms with van der Waals surface area (Å²) >= 11 is 0. The number of nitrogens with zero attached hydrogens (tertiary/aromatic N) is 2. The fourth-order valence-corrected chi connectivity index (χ4v) is 4.10. The lowest BCUT2D eigenvalue weighted by molar-refractivity contribution is -0.138. The van der Waals surface area contributed by atoms with Crippen LogP contribution < -0.4 is 0 Å². The topological polar surface area (TPSA) is 43.8 Å². The first kappa shape index (κ1) is 16.8. The van der Waals surface area contributed by atoms with Gasteiger partial charge in [0, 0.05) is 12.6 Å². The Kier molecular flexibility index (Phi) is 6.49. The number of likely N-dealkylation sites (tertiary alicyclic amines) is 1. The Labute approximate surface area is 129 Å². The van der Waals surface area contributed by atoms with Gasteiger partial charge in [-0.05, 0) is 57.7 Å². The molecule has 1 heterocycles. The van der Waals surface area contributed by atoms with Crippen molar-refractivity contribution in [2.45, 2.75) is 57.9 Å². The second-order valence-electron chi connectivity index (χ2n) is 7.22. The van der Waals surface area contributed by atoms with Gasteiger partial charge in [-0.3, -0.25) is 9.69 Å². The molecule has 2 fully saturated rings. The third-order valence-corrected chi connectivity index (χ3v) is 5.58. The van der Waals surface area contributed by atoms with Crippen LogP contribution in [0.15, 0.2) is 0 Å². The monoisotopic (exact) mass is 296 g/mol. The van der Waals surface area contributed by atoms with Crippen LogP contribution in [-0.4, -0.2) is 60.1 Å². The summed E-state index contributed by atoms with van der Waals surface area (Å²) in [6, 6.07) is 0.440. The lowest BCUT2D eigenvalue weighted by Crippen LogP contribution is -2.37. The number of hydrogen-bond donors (Lipinski definition) is 1. The Balaban J connectivity index is 1.78. The summed E-state index contributed by atoms with van der Waals surface area (Å²) in [6.45, 7) is 6.18. The number of likely N-dealkylation sites (N-methyl/N-ethyl adjacent to an activating group) is 1. The van der Waals surface area contributed by atoms with Gasteiger partial charge in [0.15, 0.2) is 0 Å². The Morgan fingerprint density at radius 2 is 1.90 bits per heavy atom. The van der Waals surface area contributed by atoms with Crippen molar-refractivity contribution in [2.75, 3.05) is 33.2 Å². The van der Waals surface area contributed by atoms with E-state index in [1.165, 1.54) is 45.2 Å². The molecule has 0 aromatic carbocycles. The van der Waals surface area contributed by atoms with E-state index in [1.54, 1.807) is 0 Å². The molecule has 2 aliphatic rings. The van der Waals surface area contributed by atoms with Crippen LogP contribution in [-0.2, 0) is 4.79 Å². The molecule has 0 radical (unpaired) electrons. The van der Waals surface area contributed by atoms with E-state index in [9.17, 15) is 4.79 Å². The summed E-state index contributed by atoms with van der Waals surface area (Å²) in [6.07, 6.45) is 9.09. The van der Waals surface area contributed by atoms with Gasteiger partial charge in [0.25, 0.3) is 0 Å². The summed E-state index contributed by atoms with van der Waals surface area (Å²) in [5, 5.41) is 8.93. The molecule has 0 aromatic heterocycles. The molecular formula is C17H32N2O2. The van der Waals surface area contributed by atoms with E-state index in [4.69, 9.17) is 5.11 Å². The molecule has 21 heavy (non-hydrogen) atoms. The zero-order valence-electron chi connectivity index (χ0n) is 13.8. The number of rotatable bonds is 5. The van der Waals surface area contributed by atoms with Crippen molar-refractivity contribution in [3.8, 4) is 0 Å². The SMILES string of the molecule is CC1CCCCC1CN1CCCC(N(C)CC(=O)O)CC1. The van der Waals surface area contributed by atoms with E-state index in [1.807, 2.05) is 11.9 Å². The van der Waals surface area contributed by atoms with Crippen LogP contribution in [0, 0.1) is 11.8 Å². The summed E-state index contributed by atoms with van der Waals surface area (Å²) in [5.41, 5.74) is 0. The molecule has 4 heteroatoms. The Bertz CT molecular complexity index is 335. The summed E-state index contributed by atoms with van der Waals surface area (Å²) in [4.78, 5) is 15.5. The molecule has 0 spiro atoms. The third kappa shape index (κ3) is 5.26. The molecule has 3 atom stereocenters. The molecule has 1 N–H and O–H groups in total. The van der Waals surface area contributed by atoms with Crippen LogP contribution in [0.3, 0.4) is 0 Å². The molecule has 2 rings (SSSR count). The van der Waals surface area contributed by atoms with Crippen molar-refractivity contribution in [1.82, 2.24) is 9.80 Å². The molecule has 4 nitrogen and oxygen atoms in total. The number of carboxylic acids is 1. The summed E-state index contributed by atoms with van der Waals surface area (Å²) < 4.78 is 0. The molecule has 0 bridgehead atoms. The van der Waals surface area contributed by atoms with Crippen LogP contribution in [0.2, 0.25) is 0 Å². The lowest BCUT2D eigenvalue weighted by atomic mass is 9.80. The quantitative estimate of drug-likeness (QED) is 0.847. The van der Waals surface area contributed by atoms with Crippen LogP contribution >= 0.6 is 0 Å². The zero-order chi connectivity index (χ0) is 15.2. The number of carbonyl (C=O) groups is 1. The molecule has 1 saturated heterocycles. The molecule has 0 amide bonds. The molecule has 3 unspecified atom stereocenters. The van der Waals surface area contributed by atoms with Crippen molar-refractivity contribution in [3.63, 3.8) is 0 Å². The maximum Gasteiger partial charge on any atom is 0.317 e. The van der Waals surface area contributed by atoms with Crippen LogP contribution in [0.25, 0.3) is 0 Å².